The summed E-state index contributed by atoms with van der Waals surface area (Å²) in [6.45, 7) is 2.14. The smallest absolute Gasteiger partial charge is 0.222 e. The first-order chi connectivity index (χ1) is 10.1. The van der Waals surface area contributed by atoms with E-state index >= 15 is 0 Å². The summed E-state index contributed by atoms with van der Waals surface area (Å²) in [6, 6.07) is 0. The van der Waals surface area contributed by atoms with Crippen molar-refractivity contribution in [2.45, 2.75) is 51.0 Å². The summed E-state index contributed by atoms with van der Waals surface area (Å²) in [5.41, 5.74) is 0. The average Bonchev–Trinajstić information content (AvgIpc) is 2.49. The number of carbonyl (C=O) groups is 1. The number of rotatable bonds is 6. The van der Waals surface area contributed by atoms with E-state index in [1.54, 1.807) is 4.31 Å². The summed E-state index contributed by atoms with van der Waals surface area (Å²) in [6.07, 6.45) is 6.38. The summed E-state index contributed by atoms with van der Waals surface area (Å²) >= 11 is 0. The fraction of sp³-hybridized carbons (Fsp3) is 0.929. The van der Waals surface area contributed by atoms with Crippen molar-refractivity contribution in [2.75, 3.05) is 32.0 Å². The van der Waals surface area contributed by atoms with Crippen LogP contribution in [0.3, 0.4) is 0 Å². The molecular weight excluding hydrogens is 292 g/mol. The quantitative estimate of drug-likeness (QED) is 0.789. The Hall–Kier alpha value is -0.660. The van der Waals surface area contributed by atoms with Crippen LogP contribution < -0.4 is 5.32 Å². The Morgan fingerprint density at radius 3 is 2.57 bits per heavy atom. The number of ether oxygens (including phenoxy) is 1. The van der Waals surface area contributed by atoms with Gasteiger partial charge in [-0.05, 0) is 32.1 Å². The molecule has 122 valence electrons. The second-order valence-corrected chi connectivity index (χ2v) is 7.91. The molecule has 2 heterocycles. The molecule has 0 spiro atoms. The van der Waals surface area contributed by atoms with Crippen LogP contribution >= 0.6 is 0 Å². The van der Waals surface area contributed by atoms with Gasteiger partial charge in [0.15, 0.2) is 0 Å². The van der Waals surface area contributed by atoms with E-state index in [0.29, 0.717) is 19.5 Å². The van der Waals surface area contributed by atoms with Gasteiger partial charge in [0.2, 0.25) is 15.9 Å². The van der Waals surface area contributed by atoms with Crippen molar-refractivity contribution in [3.8, 4) is 0 Å². The predicted molar refractivity (Wildman–Crippen MR) is 80.4 cm³/mol. The molecule has 2 aliphatic rings. The van der Waals surface area contributed by atoms with Crippen LogP contribution in [0, 0.1) is 0 Å². The molecule has 0 aliphatic carbocycles. The maximum atomic E-state index is 12.1. The van der Waals surface area contributed by atoms with Crippen LogP contribution in [0.25, 0.3) is 0 Å². The van der Waals surface area contributed by atoms with E-state index in [9.17, 15) is 13.2 Å². The van der Waals surface area contributed by atoms with Gasteiger partial charge in [0.25, 0.3) is 0 Å². The Kier molecular flexibility index (Phi) is 6.44. The van der Waals surface area contributed by atoms with Crippen LogP contribution in [0.1, 0.15) is 44.9 Å². The zero-order valence-electron chi connectivity index (χ0n) is 12.6. The van der Waals surface area contributed by atoms with Crippen molar-refractivity contribution in [1.82, 2.24) is 9.62 Å². The number of nitrogens with one attached hydrogen (secondary N) is 1. The lowest BCUT2D eigenvalue weighted by molar-refractivity contribution is -0.124. The molecule has 1 N–H and O–H groups in total. The van der Waals surface area contributed by atoms with Gasteiger partial charge in [-0.25, -0.2) is 12.7 Å². The van der Waals surface area contributed by atoms with Gasteiger partial charge in [0.05, 0.1) is 18.3 Å². The van der Waals surface area contributed by atoms with Gasteiger partial charge in [0, 0.05) is 26.2 Å². The standard InChI is InChI=1S/C14H26N2O4S/c17-14(12-13-6-2-5-10-20-13)15-7-11-21(18,19)16-8-3-1-4-9-16/h13H,1-12H2,(H,15,17). The number of sulfonamides is 1. The van der Waals surface area contributed by atoms with Crippen molar-refractivity contribution in [3.63, 3.8) is 0 Å². The monoisotopic (exact) mass is 318 g/mol. The molecule has 0 aromatic rings. The second-order valence-electron chi connectivity index (χ2n) is 5.82. The highest BCUT2D eigenvalue weighted by Crippen LogP contribution is 2.15. The maximum Gasteiger partial charge on any atom is 0.222 e. The molecule has 1 amide bonds. The third kappa shape index (κ3) is 5.56. The van der Waals surface area contributed by atoms with Gasteiger partial charge in [0.1, 0.15) is 0 Å². The van der Waals surface area contributed by atoms with Crippen LogP contribution in [-0.4, -0.2) is 56.7 Å². The van der Waals surface area contributed by atoms with E-state index in [0.717, 1.165) is 45.1 Å². The Morgan fingerprint density at radius 1 is 1.14 bits per heavy atom. The van der Waals surface area contributed by atoms with Gasteiger partial charge in [-0.2, -0.15) is 0 Å². The lowest BCUT2D eigenvalue weighted by Gasteiger charge is -2.26. The van der Waals surface area contributed by atoms with Crippen molar-refractivity contribution in [1.29, 1.82) is 0 Å². The SMILES string of the molecule is O=C(CC1CCCCO1)NCCS(=O)(=O)N1CCCCC1. The van der Waals surface area contributed by atoms with Crippen molar-refractivity contribution in [2.24, 2.45) is 0 Å². The first kappa shape index (κ1) is 16.7. The molecule has 7 heteroatoms. The largest absolute Gasteiger partial charge is 0.378 e. The zero-order valence-corrected chi connectivity index (χ0v) is 13.4. The van der Waals surface area contributed by atoms with Crippen LogP contribution in [0.5, 0.6) is 0 Å². The molecule has 0 aromatic carbocycles. The van der Waals surface area contributed by atoms with E-state index in [-0.39, 0.29) is 24.3 Å². The van der Waals surface area contributed by atoms with Gasteiger partial charge < -0.3 is 10.1 Å². The molecule has 1 atom stereocenters. The number of nitrogens with zero attached hydrogens (tertiary/aromatic N) is 1. The first-order valence-corrected chi connectivity index (χ1v) is 9.55. The second kappa shape index (κ2) is 8.10. The van der Waals surface area contributed by atoms with Gasteiger partial charge >= 0.3 is 0 Å². The Balaban J connectivity index is 1.66. The number of hydrogen-bond acceptors (Lipinski definition) is 4. The molecule has 2 aliphatic heterocycles. The summed E-state index contributed by atoms with van der Waals surface area (Å²) in [7, 11) is -3.22. The number of carbonyl (C=O) groups excluding carboxylic acids is 1. The van der Waals surface area contributed by atoms with Crippen molar-refractivity contribution < 1.29 is 17.9 Å². The minimum Gasteiger partial charge on any atom is -0.378 e. The number of hydrogen-bond donors (Lipinski definition) is 1. The predicted octanol–water partition coefficient (Wildman–Crippen LogP) is 0.877. The fourth-order valence-corrected chi connectivity index (χ4v) is 4.27. The maximum absolute atomic E-state index is 12.1. The van der Waals surface area contributed by atoms with Crippen LogP contribution in [0.4, 0.5) is 0 Å². The fourth-order valence-electron chi connectivity index (χ4n) is 2.84. The van der Waals surface area contributed by atoms with Crippen molar-refractivity contribution in [3.05, 3.63) is 0 Å². The summed E-state index contributed by atoms with van der Waals surface area (Å²) in [5, 5.41) is 2.70. The minimum absolute atomic E-state index is 0.00236. The molecule has 2 saturated heterocycles. The van der Waals surface area contributed by atoms with Gasteiger partial charge in [-0.15, -0.1) is 0 Å². The lowest BCUT2D eigenvalue weighted by atomic mass is 10.1. The molecular formula is C14H26N2O4S. The van der Waals surface area contributed by atoms with E-state index in [2.05, 4.69) is 5.32 Å². The highest BCUT2D eigenvalue weighted by atomic mass is 32.2. The average molecular weight is 318 g/mol. The highest BCUT2D eigenvalue weighted by molar-refractivity contribution is 7.89. The molecule has 21 heavy (non-hydrogen) atoms. The molecule has 0 saturated carbocycles. The Bertz CT molecular complexity index is 426. The Morgan fingerprint density at radius 2 is 1.90 bits per heavy atom. The Labute approximate surface area is 127 Å². The minimum atomic E-state index is -3.22. The first-order valence-electron chi connectivity index (χ1n) is 7.94. The lowest BCUT2D eigenvalue weighted by Crippen LogP contribution is -2.40. The van der Waals surface area contributed by atoms with E-state index in [4.69, 9.17) is 4.74 Å². The molecule has 0 radical (unpaired) electrons. The third-order valence-corrected chi connectivity index (χ3v) is 5.95. The van der Waals surface area contributed by atoms with E-state index in [1.807, 2.05) is 0 Å². The van der Waals surface area contributed by atoms with Crippen LogP contribution in [-0.2, 0) is 19.6 Å². The zero-order chi connectivity index (χ0) is 15.1. The molecule has 6 nitrogen and oxygen atoms in total. The van der Waals surface area contributed by atoms with E-state index in [1.165, 1.54) is 0 Å². The molecule has 2 fully saturated rings. The molecule has 1 unspecified atom stereocenters. The van der Waals surface area contributed by atoms with Crippen LogP contribution in [0.15, 0.2) is 0 Å². The van der Waals surface area contributed by atoms with Crippen LogP contribution in [0.2, 0.25) is 0 Å². The van der Waals surface area contributed by atoms with Gasteiger partial charge in [-0.1, -0.05) is 6.42 Å². The molecule has 0 bridgehead atoms. The summed E-state index contributed by atoms with van der Waals surface area (Å²) in [5.74, 6) is -0.125. The summed E-state index contributed by atoms with van der Waals surface area (Å²) in [4.78, 5) is 11.8. The number of piperidine rings is 1. The topological polar surface area (TPSA) is 75.7 Å². The number of amides is 1. The highest BCUT2D eigenvalue weighted by Gasteiger charge is 2.24. The normalized spacial score (nSPS) is 24.7. The van der Waals surface area contributed by atoms with E-state index < -0.39 is 10.0 Å². The van der Waals surface area contributed by atoms with Gasteiger partial charge in [-0.3, -0.25) is 4.79 Å². The molecule has 2 rings (SSSR count). The third-order valence-electron chi connectivity index (χ3n) is 4.08. The van der Waals surface area contributed by atoms with Crippen molar-refractivity contribution >= 4 is 15.9 Å². The summed E-state index contributed by atoms with van der Waals surface area (Å²) < 4.78 is 31.3. The molecule has 0 aromatic heterocycles.